The number of nitrogens with one attached hydrogen (secondary N) is 1. The second kappa shape index (κ2) is 7.11. The lowest BCUT2D eigenvalue weighted by molar-refractivity contribution is 0.101. The first-order valence-corrected chi connectivity index (χ1v) is 8.72. The molecular formula is C18H16ClN3OS. The maximum atomic E-state index is 11.4. The Kier molecular flexibility index (Phi) is 4.92. The van der Waals surface area contributed by atoms with Crippen molar-refractivity contribution in [1.29, 1.82) is 0 Å². The lowest BCUT2D eigenvalue weighted by Crippen LogP contribution is -2.05. The first kappa shape index (κ1) is 16.6. The molecule has 6 heteroatoms. The van der Waals surface area contributed by atoms with Crippen molar-refractivity contribution in [2.24, 2.45) is 0 Å². The summed E-state index contributed by atoms with van der Waals surface area (Å²) >= 11 is 7.73. The molecule has 2 heterocycles. The van der Waals surface area contributed by atoms with Gasteiger partial charge in [-0.3, -0.25) is 9.78 Å². The summed E-state index contributed by atoms with van der Waals surface area (Å²) in [7, 11) is 0. The quantitative estimate of drug-likeness (QED) is 0.654. The molecule has 0 fully saturated rings. The zero-order chi connectivity index (χ0) is 17.1. The van der Waals surface area contributed by atoms with E-state index in [2.05, 4.69) is 15.3 Å². The predicted molar refractivity (Wildman–Crippen MR) is 98.9 cm³/mol. The maximum absolute atomic E-state index is 11.4. The average molecular weight is 358 g/mol. The van der Waals surface area contributed by atoms with E-state index in [4.69, 9.17) is 11.6 Å². The number of rotatable bonds is 5. The van der Waals surface area contributed by atoms with E-state index in [-0.39, 0.29) is 5.78 Å². The second-order valence-corrected chi connectivity index (χ2v) is 6.63. The topological polar surface area (TPSA) is 54.9 Å². The number of benzene rings is 1. The Morgan fingerprint density at radius 3 is 2.71 bits per heavy atom. The van der Waals surface area contributed by atoms with E-state index in [9.17, 15) is 4.79 Å². The summed E-state index contributed by atoms with van der Waals surface area (Å²) in [4.78, 5) is 20.5. The van der Waals surface area contributed by atoms with Crippen molar-refractivity contribution in [3.05, 3.63) is 63.8 Å². The standard InChI is InChI=1S/C18H16ClN3OS/c1-11-14(12(2)23)8-7-13(21-11)9-20-18-22-17(10-24-18)15-5-3-4-6-16(15)19/h3-8,10H,9H2,1-2H3,(H,20,22). The molecule has 0 aliphatic heterocycles. The zero-order valence-electron chi connectivity index (χ0n) is 13.3. The fraction of sp³-hybridized carbons (Fsp3) is 0.167. The van der Waals surface area contributed by atoms with Gasteiger partial charge in [-0.05, 0) is 32.0 Å². The Morgan fingerprint density at radius 2 is 2.00 bits per heavy atom. The Bertz CT molecular complexity index is 891. The molecule has 3 aromatic rings. The molecule has 0 bridgehead atoms. The van der Waals surface area contributed by atoms with E-state index in [0.29, 0.717) is 17.1 Å². The number of ketones is 1. The van der Waals surface area contributed by atoms with Crippen LogP contribution in [-0.2, 0) is 6.54 Å². The number of carbonyl (C=O) groups is 1. The molecule has 0 saturated carbocycles. The van der Waals surface area contributed by atoms with Gasteiger partial charge in [0.15, 0.2) is 10.9 Å². The van der Waals surface area contributed by atoms with E-state index < -0.39 is 0 Å². The van der Waals surface area contributed by atoms with Crippen molar-refractivity contribution < 1.29 is 4.79 Å². The van der Waals surface area contributed by atoms with Gasteiger partial charge in [-0.2, -0.15) is 0 Å². The fourth-order valence-electron chi connectivity index (χ4n) is 2.40. The van der Waals surface area contributed by atoms with Crippen molar-refractivity contribution in [3.8, 4) is 11.3 Å². The molecule has 3 rings (SSSR count). The Morgan fingerprint density at radius 1 is 1.21 bits per heavy atom. The number of halogens is 1. The molecule has 0 atom stereocenters. The molecule has 0 aliphatic carbocycles. The van der Waals surface area contributed by atoms with Gasteiger partial charge in [-0.25, -0.2) is 4.98 Å². The summed E-state index contributed by atoms with van der Waals surface area (Å²) in [6, 6.07) is 11.3. The Balaban J connectivity index is 1.71. The molecule has 4 nitrogen and oxygen atoms in total. The summed E-state index contributed by atoms with van der Waals surface area (Å²) in [5.41, 5.74) is 4.05. The number of aryl methyl sites for hydroxylation is 1. The number of aromatic nitrogens is 2. The van der Waals surface area contributed by atoms with Crippen LogP contribution in [0.4, 0.5) is 5.13 Å². The summed E-state index contributed by atoms with van der Waals surface area (Å²) < 4.78 is 0. The van der Waals surface area contributed by atoms with Gasteiger partial charge in [0.1, 0.15) is 0 Å². The summed E-state index contributed by atoms with van der Waals surface area (Å²) in [6.07, 6.45) is 0. The summed E-state index contributed by atoms with van der Waals surface area (Å²) in [6.45, 7) is 3.95. The van der Waals surface area contributed by atoms with Crippen LogP contribution in [0.15, 0.2) is 41.8 Å². The van der Waals surface area contributed by atoms with Crippen LogP contribution >= 0.6 is 22.9 Å². The molecule has 0 aliphatic rings. The molecule has 2 aromatic heterocycles. The van der Waals surface area contributed by atoms with Crippen LogP contribution < -0.4 is 5.32 Å². The minimum absolute atomic E-state index is 0.0313. The van der Waals surface area contributed by atoms with Gasteiger partial charge in [-0.1, -0.05) is 29.8 Å². The van der Waals surface area contributed by atoms with Gasteiger partial charge in [0.05, 0.1) is 17.9 Å². The highest BCUT2D eigenvalue weighted by Crippen LogP contribution is 2.30. The monoisotopic (exact) mass is 357 g/mol. The third kappa shape index (κ3) is 3.63. The van der Waals surface area contributed by atoms with E-state index in [1.54, 1.807) is 6.92 Å². The minimum atomic E-state index is 0.0313. The number of hydrogen-bond acceptors (Lipinski definition) is 5. The number of carbonyl (C=O) groups excluding carboxylic acids is 1. The van der Waals surface area contributed by atoms with Gasteiger partial charge in [0.2, 0.25) is 0 Å². The van der Waals surface area contributed by atoms with E-state index in [0.717, 1.165) is 27.8 Å². The molecule has 0 saturated heterocycles. The van der Waals surface area contributed by atoms with E-state index in [1.165, 1.54) is 11.3 Å². The molecule has 0 spiro atoms. The van der Waals surface area contributed by atoms with Crippen LogP contribution in [0.25, 0.3) is 11.3 Å². The van der Waals surface area contributed by atoms with Gasteiger partial charge < -0.3 is 5.32 Å². The number of pyridine rings is 1. The van der Waals surface area contributed by atoms with Crippen molar-refractivity contribution in [2.75, 3.05) is 5.32 Å². The zero-order valence-corrected chi connectivity index (χ0v) is 14.9. The molecule has 0 radical (unpaired) electrons. The molecule has 0 amide bonds. The summed E-state index contributed by atoms with van der Waals surface area (Å²) in [5, 5.41) is 6.73. The maximum Gasteiger partial charge on any atom is 0.183 e. The number of anilines is 1. The summed E-state index contributed by atoms with van der Waals surface area (Å²) in [5.74, 6) is 0.0313. The lowest BCUT2D eigenvalue weighted by Gasteiger charge is -2.06. The second-order valence-electron chi connectivity index (χ2n) is 5.36. The first-order valence-electron chi connectivity index (χ1n) is 7.46. The van der Waals surface area contributed by atoms with Crippen molar-refractivity contribution in [3.63, 3.8) is 0 Å². The van der Waals surface area contributed by atoms with Gasteiger partial charge in [0.25, 0.3) is 0 Å². The highest BCUT2D eigenvalue weighted by molar-refractivity contribution is 7.14. The van der Waals surface area contributed by atoms with Gasteiger partial charge in [-0.15, -0.1) is 11.3 Å². The smallest absolute Gasteiger partial charge is 0.183 e. The number of hydrogen-bond donors (Lipinski definition) is 1. The van der Waals surface area contributed by atoms with E-state index in [1.807, 2.05) is 48.7 Å². The minimum Gasteiger partial charge on any atom is -0.356 e. The third-order valence-electron chi connectivity index (χ3n) is 3.60. The highest BCUT2D eigenvalue weighted by Gasteiger charge is 2.09. The fourth-order valence-corrected chi connectivity index (χ4v) is 3.34. The van der Waals surface area contributed by atoms with Gasteiger partial charge >= 0.3 is 0 Å². The molecule has 24 heavy (non-hydrogen) atoms. The van der Waals surface area contributed by atoms with Crippen LogP contribution in [0.5, 0.6) is 0 Å². The average Bonchev–Trinajstić information content (AvgIpc) is 3.02. The SMILES string of the molecule is CC(=O)c1ccc(CNc2nc(-c3ccccc3Cl)cs2)nc1C. The number of nitrogens with zero attached hydrogens (tertiary/aromatic N) is 2. The van der Waals surface area contributed by atoms with Crippen LogP contribution in [0, 0.1) is 6.92 Å². The number of Topliss-reactive ketones (excluding diaryl/α,β-unsaturated/α-hetero) is 1. The third-order valence-corrected chi connectivity index (χ3v) is 4.73. The van der Waals surface area contributed by atoms with Crippen molar-refractivity contribution in [1.82, 2.24) is 9.97 Å². The normalized spacial score (nSPS) is 10.6. The van der Waals surface area contributed by atoms with Crippen molar-refractivity contribution in [2.45, 2.75) is 20.4 Å². The molecule has 122 valence electrons. The van der Waals surface area contributed by atoms with Crippen molar-refractivity contribution >= 4 is 33.9 Å². The van der Waals surface area contributed by atoms with Gasteiger partial charge in [0, 0.05) is 27.2 Å². The number of thiazole rings is 1. The first-order chi connectivity index (χ1) is 11.5. The Hall–Kier alpha value is -2.24. The molecule has 1 aromatic carbocycles. The molecule has 0 unspecified atom stereocenters. The van der Waals surface area contributed by atoms with E-state index >= 15 is 0 Å². The largest absolute Gasteiger partial charge is 0.356 e. The molecular weight excluding hydrogens is 342 g/mol. The van der Waals surface area contributed by atoms with Crippen LogP contribution in [-0.4, -0.2) is 15.8 Å². The highest BCUT2D eigenvalue weighted by atomic mass is 35.5. The predicted octanol–water partition coefficient (Wildman–Crippen LogP) is 4.98. The lowest BCUT2D eigenvalue weighted by atomic mass is 10.1. The van der Waals surface area contributed by atoms with Crippen LogP contribution in [0.2, 0.25) is 5.02 Å². The van der Waals surface area contributed by atoms with Crippen LogP contribution in [0.1, 0.15) is 28.7 Å². The Labute approximate surface area is 149 Å². The van der Waals surface area contributed by atoms with Crippen LogP contribution in [0.3, 0.4) is 0 Å². The molecule has 1 N–H and O–H groups in total.